The molecule has 0 saturated heterocycles. The van der Waals surface area contributed by atoms with Crippen LogP contribution in [0, 0.1) is 5.92 Å². The van der Waals surface area contributed by atoms with Crippen molar-refractivity contribution in [2.24, 2.45) is 10.9 Å². The Kier molecular flexibility index (Phi) is 2.54. The van der Waals surface area contributed by atoms with Crippen LogP contribution in [0.15, 0.2) is 16.5 Å². The lowest BCUT2D eigenvalue weighted by Crippen LogP contribution is -2.13. The van der Waals surface area contributed by atoms with Crippen molar-refractivity contribution < 1.29 is 0 Å². The Morgan fingerprint density at radius 1 is 1.25 bits per heavy atom. The maximum atomic E-state index is 4.52. The van der Waals surface area contributed by atoms with Gasteiger partial charge >= 0.3 is 0 Å². The standard InChI is InChI=1S/C10H15NS/c1-8-7-11-10(12-8)9-5-3-2-4-6-9/h9H,1-7H2. The van der Waals surface area contributed by atoms with Crippen molar-refractivity contribution in [2.45, 2.75) is 32.1 Å². The molecule has 1 nitrogen and oxygen atoms in total. The first-order valence-electron chi connectivity index (χ1n) is 4.76. The molecule has 2 aliphatic rings. The number of nitrogens with zero attached hydrogens (tertiary/aromatic N) is 1. The molecule has 0 aromatic rings. The summed E-state index contributed by atoms with van der Waals surface area (Å²) >= 11 is 1.83. The fourth-order valence-electron chi connectivity index (χ4n) is 1.94. The van der Waals surface area contributed by atoms with Gasteiger partial charge in [-0.2, -0.15) is 0 Å². The van der Waals surface area contributed by atoms with Crippen LogP contribution in [0.25, 0.3) is 0 Å². The van der Waals surface area contributed by atoms with Gasteiger partial charge in [-0.05, 0) is 12.8 Å². The second-order valence-corrected chi connectivity index (χ2v) is 4.83. The monoisotopic (exact) mass is 181 g/mol. The molecular formula is C10H15NS. The first kappa shape index (κ1) is 8.36. The van der Waals surface area contributed by atoms with E-state index in [1.54, 1.807) is 0 Å². The Labute approximate surface area is 78.3 Å². The fourth-order valence-corrected chi connectivity index (χ4v) is 2.90. The van der Waals surface area contributed by atoms with Crippen molar-refractivity contribution in [2.75, 3.05) is 6.54 Å². The predicted molar refractivity (Wildman–Crippen MR) is 55.6 cm³/mol. The lowest BCUT2D eigenvalue weighted by atomic mass is 9.90. The minimum atomic E-state index is 0.781. The van der Waals surface area contributed by atoms with E-state index in [1.165, 1.54) is 42.1 Å². The molecule has 0 bridgehead atoms. The van der Waals surface area contributed by atoms with Crippen molar-refractivity contribution in [3.8, 4) is 0 Å². The number of hydrogen-bond donors (Lipinski definition) is 0. The molecule has 0 spiro atoms. The Bertz CT molecular complexity index is 214. The van der Waals surface area contributed by atoms with Gasteiger partial charge in [-0.3, -0.25) is 4.99 Å². The summed E-state index contributed by atoms with van der Waals surface area (Å²) < 4.78 is 0. The van der Waals surface area contributed by atoms with E-state index in [2.05, 4.69) is 11.6 Å². The van der Waals surface area contributed by atoms with Crippen LogP contribution in [0.4, 0.5) is 0 Å². The van der Waals surface area contributed by atoms with Crippen LogP contribution in [0.1, 0.15) is 32.1 Å². The van der Waals surface area contributed by atoms with Crippen LogP contribution in [0.2, 0.25) is 0 Å². The molecule has 0 aromatic heterocycles. The number of rotatable bonds is 1. The van der Waals surface area contributed by atoms with Crippen molar-refractivity contribution >= 4 is 16.8 Å². The van der Waals surface area contributed by atoms with Gasteiger partial charge in [-0.25, -0.2) is 0 Å². The molecule has 0 N–H and O–H groups in total. The molecule has 1 aliphatic heterocycles. The normalized spacial score (nSPS) is 26.0. The van der Waals surface area contributed by atoms with Crippen molar-refractivity contribution in [3.05, 3.63) is 11.5 Å². The highest BCUT2D eigenvalue weighted by molar-refractivity contribution is 8.17. The highest BCUT2D eigenvalue weighted by Crippen LogP contribution is 2.34. The summed E-state index contributed by atoms with van der Waals surface area (Å²) in [5.41, 5.74) is 0. The van der Waals surface area contributed by atoms with Crippen molar-refractivity contribution in [1.29, 1.82) is 0 Å². The smallest absolute Gasteiger partial charge is 0.0756 e. The Hall–Kier alpha value is -0.240. The van der Waals surface area contributed by atoms with Crippen molar-refractivity contribution in [1.82, 2.24) is 0 Å². The summed E-state index contributed by atoms with van der Waals surface area (Å²) in [7, 11) is 0. The summed E-state index contributed by atoms with van der Waals surface area (Å²) in [6.45, 7) is 4.82. The van der Waals surface area contributed by atoms with Gasteiger partial charge in [0.25, 0.3) is 0 Å². The van der Waals surface area contributed by atoms with Gasteiger partial charge in [-0.1, -0.05) is 37.6 Å². The summed E-state index contributed by atoms with van der Waals surface area (Å²) in [5, 5.41) is 1.37. The van der Waals surface area contributed by atoms with Crippen molar-refractivity contribution in [3.63, 3.8) is 0 Å². The van der Waals surface area contributed by atoms with Gasteiger partial charge < -0.3 is 0 Å². The molecule has 0 radical (unpaired) electrons. The van der Waals surface area contributed by atoms with Crippen LogP contribution in [-0.4, -0.2) is 11.6 Å². The molecular weight excluding hydrogens is 166 g/mol. The third kappa shape index (κ3) is 1.74. The second kappa shape index (κ2) is 3.65. The number of aliphatic imine (C=N–C) groups is 1. The highest BCUT2D eigenvalue weighted by atomic mass is 32.2. The van der Waals surface area contributed by atoms with E-state index in [0.29, 0.717) is 0 Å². The van der Waals surface area contributed by atoms with Crippen LogP contribution in [0.3, 0.4) is 0 Å². The molecule has 1 fully saturated rings. The molecule has 0 atom stereocenters. The van der Waals surface area contributed by atoms with E-state index < -0.39 is 0 Å². The summed E-state index contributed by atoms with van der Waals surface area (Å²) in [6.07, 6.45) is 6.95. The molecule has 0 aromatic carbocycles. The number of hydrogen-bond acceptors (Lipinski definition) is 2. The molecule has 1 heterocycles. The van der Waals surface area contributed by atoms with Gasteiger partial charge in [0.05, 0.1) is 11.6 Å². The Balaban J connectivity index is 1.95. The minimum Gasteiger partial charge on any atom is -0.277 e. The minimum absolute atomic E-state index is 0.781. The Morgan fingerprint density at radius 3 is 2.58 bits per heavy atom. The van der Waals surface area contributed by atoms with Crippen LogP contribution in [-0.2, 0) is 0 Å². The highest BCUT2D eigenvalue weighted by Gasteiger charge is 2.22. The molecule has 12 heavy (non-hydrogen) atoms. The van der Waals surface area contributed by atoms with Crippen LogP contribution in [0.5, 0.6) is 0 Å². The molecule has 1 aliphatic carbocycles. The predicted octanol–water partition coefficient (Wildman–Crippen LogP) is 3.23. The topological polar surface area (TPSA) is 12.4 Å². The second-order valence-electron chi connectivity index (χ2n) is 3.63. The lowest BCUT2D eigenvalue weighted by molar-refractivity contribution is 0.443. The zero-order valence-electron chi connectivity index (χ0n) is 7.38. The maximum Gasteiger partial charge on any atom is 0.0756 e. The van der Waals surface area contributed by atoms with Gasteiger partial charge in [0.2, 0.25) is 0 Å². The number of thioether (sulfide) groups is 1. The maximum absolute atomic E-state index is 4.52. The summed E-state index contributed by atoms with van der Waals surface area (Å²) in [5.74, 6) is 0.781. The van der Waals surface area contributed by atoms with Crippen LogP contribution < -0.4 is 0 Å². The summed E-state index contributed by atoms with van der Waals surface area (Å²) in [4.78, 5) is 5.75. The average Bonchev–Trinajstić information content (AvgIpc) is 2.54. The largest absolute Gasteiger partial charge is 0.277 e. The first-order chi connectivity index (χ1) is 5.86. The SMILES string of the molecule is C=C1CN=C(C2CCCCC2)S1. The average molecular weight is 181 g/mol. The van der Waals surface area contributed by atoms with E-state index in [1.807, 2.05) is 11.8 Å². The molecule has 66 valence electrons. The molecule has 1 saturated carbocycles. The zero-order valence-corrected chi connectivity index (χ0v) is 8.20. The van der Waals surface area contributed by atoms with E-state index in [9.17, 15) is 0 Å². The van der Waals surface area contributed by atoms with Crippen LogP contribution >= 0.6 is 11.8 Å². The van der Waals surface area contributed by atoms with E-state index in [0.717, 1.165) is 12.5 Å². The molecule has 2 rings (SSSR count). The third-order valence-electron chi connectivity index (χ3n) is 2.61. The zero-order chi connectivity index (χ0) is 8.39. The van der Waals surface area contributed by atoms with E-state index >= 15 is 0 Å². The molecule has 0 unspecified atom stereocenters. The fraction of sp³-hybridized carbons (Fsp3) is 0.700. The quantitative estimate of drug-likeness (QED) is 0.605. The van der Waals surface area contributed by atoms with Gasteiger partial charge in [0, 0.05) is 10.8 Å². The Morgan fingerprint density at radius 2 is 2.00 bits per heavy atom. The van der Waals surface area contributed by atoms with Gasteiger partial charge in [-0.15, -0.1) is 0 Å². The van der Waals surface area contributed by atoms with E-state index in [4.69, 9.17) is 0 Å². The van der Waals surface area contributed by atoms with E-state index in [-0.39, 0.29) is 0 Å². The summed E-state index contributed by atoms with van der Waals surface area (Å²) in [6, 6.07) is 0. The first-order valence-corrected chi connectivity index (χ1v) is 5.58. The van der Waals surface area contributed by atoms with Gasteiger partial charge in [0.1, 0.15) is 0 Å². The van der Waals surface area contributed by atoms with Gasteiger partial charge in [0.15, 0.2) is 0 Å². The lowest BCUT2D eigenvalue weighted by Gasteiger charge is -2.20. The molecule has 0 amide bonds. The third-order valence-corrected chi connectivity index (χ3v) is 3.70. The molecule has 2 heteroatoms.